The average molecular weight is 321 g/mol. The van der Waals surface area contributed by atoms with Crippen LogP contribution in [0, 0.1) is 17.8 Å². The molecule has 0 N–H and O–H groups in total. The fourth-order valence-electron chi connectivity index (χ4n) is 3.17. The lowest BCUT2D eigenvalue weighted by atomic mass is 9.77. The highest BCUT2D eigenvalue weighted by molar-refractivity contribution is 14.1. The van der Waals surface area contributed by atoms with E-state index in [1.807, 2.05) is 0 Å². The maximum atomic E-state index is 2.47. The van der Waals surface area contributed by atoms with E-state index in [-0.39, 0.29) is 0 Å². The lowest BCUT2D eigenvalue weighted by molar-refractivity contribution is 0.208. The van der Waals surface area contributed by atoms with Crippen LogP contribution in [0.5, 0.6) is 0 Å². The quantitative estimate of drug-likeness (QED) is 0.542. The SMILES string of the molecule is CC1CCC(CC2CCN(I)CC2)CC1. The largest absolute Gasteiger partial charge is 0.248 e. The van der Waals surface area contributed by atoms with Gasteiger partial charge >= 0.3 is 0 Å². The summed E-state index contributed by atoms with van der Waals surface area (Å²) in [5, 5.41) is 0. The predicted molar refractivity (Wildman–Crippen MR) is 74.1 cm³/mol. The molecule has 0 atom stereocenters. The van der Waals surface area contributed by atoms with Crippen LogP contribution in [-0.2, 0) is 0 Å². The summed E-state index contributed by atoms with van der Waals surface area (Å²) in [5.74, 6) is 3.14. The maximum Gasteiger partial charge on any atom is 0.0201 e. The lowest BCUT2D eigenvalue weighted by Gasteiger charge is -2.33. The van der Waals surface area contributed by atoms with Gasteiger partial charge in [0.1, 0.15) is 0 Å². The molecule has 2 aliphatic rings. The molecule has 2 heteroatoms. The first-order chi connectivity index (χ1) is 7.24. The van der Waals surface area contributed by atoms with Gasteiger partial charge in [0.25, 0.3) is 0 Å². The van der Waals surface area contributed by atoms with Gasteiger partial charge in [-0.25, -0.2) is 3.11 Å². The normalized spacial score (nSPS) is 35.6. The molecule has 1 aliphatic heterocycles. The molecule has 2 fully saturated rings. The monoisotopic (exact) mass is 321 g/mol. The van der Waals surface area contributed by atoms with Gasteiger partial charge in [0.15, 0.2) is 0 Å². The molecule has 0 radical (unpaired) electrons. The minimum atomic E-state index is 1.01. The molecule has 15 heavy (non-hydrogen) atoms. The lowest BCUT2D eigenvalue weighted by Crippen LogP contribution is -2.27. The van der Waals surface area contributed by atoms with E-state index < -0.39 is 0 Å². The van der Waals surface area contributed by atoms with Gasteiger partial charge in [-0.15, -0.1) is 0 Å². The average Bonchev–Trinajstić information content (AvgIpc) is 2.25. The summed E-state index contributed by atoms with van der Waals surface area (Å²) in [6.07, 6.45) is 10.5. The second kappa shape index (κ2) is 5.85. The molecule has 1 heterocycles. The van der Waals surface area contributed by atoms with Gasteiger partial charge in [-0.05, 0) is 37.0 Å². The van der Waals surface area contributed by atoms with Crippen LogP contribution >= 0.6 is 22.9 Å². The van der Waals surface area contributed by atoms with Gasteiger partial charge in [0.05, 0.1) is 0 Å². The van der Waals surface area contributed by atoms with Gasteiger partial charge in [-0.1, -0.05) is 32.6 Å². The fraction of sp³-hybridized carbons (Fsp3) is 1.00. The first-order valence-corrected chi connectivity index (χ1v) is 7.61. The Balaban J connectivity index is 1.68. The summed E-state index contributed by atoms with van der Waals surface area (Å²) in [6, 6.07) is 0. The van der Waals surface area contributed by atoms with Crippen molar-refractivity contribution in [3.05, 3.63) is 0 Å². The molecule has 1 saturated carbocycles. The van der Waals surface area contributed by atoms with E-state index in [0.29, 0.717) is 0 Å². The van der Waals surface area contributed by atoms with Crippen LogP contribution in [0.2, 0.25) is 0 Å². The minimum Gasteiger partial charge on any atom is -0.248 e. The van der Waals surface area contributed by atoms with Gasteiger partial charge in [0, 0.05) is 36.0 Å². The van der Waals surface area contributed by atoms with Crippen molar-refractivity contribution in [3.63, 3.8) is 0 Å². The molecule has 0 bridgehead atoms. The molecule has 88 valence electrons. The minimum absolute atomic E-state index is 1.01. The van der Waals surface area contributed by atoms with E-state index in [1.54, 1.807) is 0 Å². The summed E-state index contributed by atoms with van der Waals surface area (Å²) >= 11 is 2.47. The van der Waals surface area contributed by atoms with Crippen LogP contribution in [0.15, 0.2) is 0 Å². The Kier molecular flexibility index (Phi) is 4.74. The van der Waals surface area contributed by atoms with E-state index in [4.69, 9.17) is 0 Å². The van der Waals surface area contributed by atoms with Crippen LogP contribution in [-0.4, -0.2) is 16.2 Å². The molecule has 0 aromatic carbocycles. The first kappa shape index (κ1) is 12.2. The summed E-state index contributed by atoms with van der Waals surface area (Å²) in [5.41, 5.74) is 0. The highest BCUT2D eigenvalue weighted by atomic mass is 127. The van der Waals surface area contributed by atoms with Gasteiger partial charge < -0.3 is 0 Å². The molecule has 2 rings (SSSR count). The highest BCUT2D eigenvalue weighted by Crippen LogP contribution is 2.35. The Labute approximate surface area is 108 Å². The Morgan fingerprint density at radius 1 is 0.933 bits per heavy atom. The number of halogens is 1. The van der Waals surface area contributed by atoms with Crippen LogP contribution in [0.4, 0.5) is 0 Å². The summed E-state index contributed by atoms with van der Waals surface area (Å²) in [7, 11) is 0. The molecule has 1 aliphatic carbocycles. The molecule has 0 spiro atoms. The maximum absolute atomic E-state index is 2.47. The Morgan fingerprint density at radius 2 is 1.47 bits per heavy atom. The van der Waals surface area contributed by atoms with Crippen molar-refractivity contribution in [3.8, 4) is 0 Å². The van der Waals surface area contributed by atoms with E-state index in [2.05, 4.69) is 32.9 Å². The van der Waals surface area contributed by atoms with Crippen LogP contribution < -0.4 is 0 Å². The van der Waals surface area contributed by atoms with E-state index in [1.165, 1.54) is 58.0 Å². The third kappa shape index (κ3) is 3.88. The van der Waals surface area contributed by atoms with Crippen molar-refractivity contribution in [1.29, 1.82) is 0 Å². The van der Waals surface area contributed by atoms with Crippen molar-refractivity contribution in [2.24, 2.45) is 17.8 Å². The standard InChI is InChI=1S/C13H24IN/c1-11-2-4-12(5-3-11)10-13-6-8-15(14)9-7-13/h11-13H,2-10H2,1H3. The predicted octanol–water partition coefficient (Wildman–Crippen LogP) is 4.26. The molecular formula is C13H24IN. The smallest absolute Gasteiger partial charge is 0.0201 e. The highest BCUT2D eigenvalue weighted by Gasteiger charge is 2.24. The zero-order chi connectivity index (χ0) is 10.7. The van der Waals surface area contributed by atoms with E-state index in [9.17, 15) is 0 Å². The zero-order valence-electron chi connectivity index (χ0n) is 9.92. The molecule has 0 unspecified atom stereocenters. The van der Waals surface area contributed by atoms with Gasteiger partial charge in [-0.2, -0.15) is 0 Å². The number of hydrogen-bond acceptors (Lipinski definition) is 1. The number of hydrogen-bond donors (Lipinski definition) is 0. The first-order valence-electron chi connectivity index (χ1n) is 6.64. The van der Waals surface area contributed by atoms with Gasteiger partial charge in [-0.3, -0.25) is 0 Å². The van der Waals surface area contributed by atoms with E-state index in [0.717, 1.165) is 17.8 Å². The fourth-order valence-corrected chi connectivity index (χ4v) is 3.73. The number of piperidine rings is 1. The number of rotatable bonds is 2. The molecule has 0 amide bonds. The van der Waals surface area contributed by atoms with Gasteiger partial charge in [0.2, 0.25) is 0 Å². The molecule has 0 aromatic rings. The molecule has 1 nitrogen and oxygen atoms in total. The van der Waals surface area contributed by atoms with Crippen LogP contribution in [0.3, 0.4) is 0 Å². The van der Waals surface area contributed by atoms with Crippen molar-refractivity contribution >= 4 is 22.9 Å². The second-order valence-electron chi connectivity index (χ2n) is 5.71. The second-order valence-corrected chi connectivity index (χ2v) is 7.08. The van der Waals surface area contributed by atoms with E-state index >= 15 is 0 Å². The summed E-state index contributed by atoms with van der Waals surface area (Å²) < 4.78 is 2.46. The number of nitrogens with zero attached hydrogens (tertiary/aromatic N) is 1. The van der Waals surface area contributed by atoms with Crippen LogP contribution in [0.25, 0.3) is 0 Å². The van der Waals surface area contributed by atoms with Crippen molar-refractivity contribution in [1.82, 2.24) is 3.11 Å². The molecule has 0 aromatic heterocycles. The van der Waals surface area contributed by atoms with Crippen molar-refractivity contribution in [2.75, 3.05) is 13.1 Å². The third-order valence-corrected chi connectivity index (χ3v) is 5.33. The van der Waals surface area contributed by atoms with Crippen molar-refractivity contribution in [2.45, 2.75) is 51.9 Å². The molecular weight excluding hydrogens is 297 g/mol. The Morgan fingerprint density at radius 3 is 2.07 bits per heavy atom. The van der Waals surface area contributed by atoms with Crippen LogP contribution in [0.1, 0.15) is 51.9 Å². The summed E-state index contributed by atoms with van der Waals surface area (Å²) in [6.45, 7) is 5.08. The Hall–Kier alpha value is 0.690. The summed E-state index contributed by atoms with van der Waals surface area (Å²) in [4.78, 5) is 0. The topological polar surface area (TPSA) is 3.24 Å². The van der Waals surface area contributed by atoms with Crippen molar-refractivity contribution < 1.29 is 0 Å². The molecule has 1 saturated heterocycles. The Bertz CT molecular complexity index is 159. The zero-order valence-corrected chi connectivity index (χ0v) is 12.1. The third-order valence-electron chi connectivity index (χ3n) is 4.36.